The minimum absolute atomic E-state index is 0.503. The highest BCUT2D eigenvalue weighted by molar-refractivity contribution is 9.09. The normalized spacial score (nSPS) is 25.4. The van der Waals surface area contributed by atoms with Gasteiger partial charge in [-0.25, -0.2) is 0 Å². The number of halogens is 1. The molecule has 0 aliphatic carbocycles. The second kappa shape index (κ2) is 4.21. The number of anilines is 1. The maximum absolute atomic E-state index is 4.18. The Morgan fingerprint density at radius 2 is 2.29 bits per heavy atom. The Labute approximate surface area is 107 Å². The summed E-state index contributed by atoms with van der Waals surface area (Å²) in [6.07, 6.45) is 4.65. The molecule has 2 aromatic rings. The van der Waals surface area contributed by atoms with Gasteiger partial charge in [-0.05, 0) is 22.8 Å². The maximum Gasteiger partial charge on any atom is 0.199 e. The second-order valence-corrected chi connectivity index (χ2v) is 5.62. The zero-order valence-corrected chi connectivity index (χ0v) is 11.1. The van der Waals surface area contributed by atoms with Crippen LogP contribution in [0.2, 0.25) is 0 Å². The van der Waals surface area contributed by atoms with Gasteiger partial charge in [0.1, 0.15) is 0 Å². The summed E-state index contributed by atoms with van der Waals surface area (Å²) in [6.45, 7) is 4.25. The highest BCUT2D eigenvalue weighted by Crippen LogP contribution is 2.26. The van der Waals surface area contributed by atoms with Gasteiger partial charge in [-0.2, -0.15) is 4.52 Å². The summed E-state index contributed by atoms with van der Waals surface area (Å²) < 4.78 is 1.74. The first-order valence-electron chi connectivity index (χ1n) is 5.67. The van der Waals surface area contributed by atoms with Crippen LogP contribution in [0.1, 0.15) is 13.3 Å². The number of hydrogen-bond acceptors (Lipinski definition) is 5. The smallest absolute Gasteiger partial charge is 0.199 e. The van der Waals surface area contributed by atoms with Gasteiger partial charge in [-0.1, -0.05) is 22.9 Å². The molecule has 90 valence electrons. The first-order chi connectivity index (χ1) is 8.25. The Hall–Kier alpha value is -1.24. The first-order valence-corrected chi connectivity index (χ1v) is 6.58. The molecule has 0 amide bonds. The molecule has 2 unspecified atom stereocenters. The molecule has 0 saturated carbocycles. The lowest BCUT2D eigenvalue weighted by Crippen LogP contribution is -2.41. The molecular weight excluding hydrogens is 284 g/mol. The molecule has 1 aliphatic heterocycles. The van der Waals surface area contributed by atoms with Gasteiger partial charge >= 0.3 is 0 Å². The molecule has 2 aromatic heterocycles. The lowest BCUT2D eigenvalue weighted by atomic mass is 9.99. The number of alkyl halides is 1. The van der Waals surface area contributed by atoms with Crippen molar-refractivity contribution in [2.24, 2.45) is 5.92 Å². The summed E-state index contributed by atoms with van der Waals surface area (Å²) in [4.78, 5) is 6.96. The van der Waals surface area contributed by atoms with Crippen LogP contribution in [0.5, 0.6) is 0 Å². The number of aromatic nitrogens is 5. The average molecular weight is 297 g/mol. The fourth-order valence-corrected chi connectivity index (χ4v) is 2.72. The average Bonchev–Trinajstić information content (AvgIpc) is 2.80. The molecule has 1 fully saturated rings. The summed E-state index contributed by atoms with van der Waals surface area (Å²) in [6, 6.07) is 0. The van der Waals surface area contributed by atoms with Crippen LogP contribution in [0.15, 0.2) is 12.4 Å². The highest BCUT2D eigenvalue weighted by atomic mass is 79.9. The van der Waals surface area contributed by atoms with Crippen LogP contribution in [-0.2, 0) is 0 Å². The van der Waals surface area contributed by atoms with E-state index >= 15 is 0 Å². The van der Waals surface area contributed by atoms with Gasteiger partial charge in [0.25, 0.3) is 0 Å². The maximum atomic E-state index is 4.18. The van der Waals surface area contributed by atoms with Crippen molar-refractivity contribution in [2.45, 2.75) is 18.2 Å². The molecule has 1 saturated heterocycles. The third-order valence-electron chi connectivity index (χ3n) is 3.28. The molecule has 2 atom stereocenters. The lowest BCUT2D eigenvalue weighted by molar-refractivity contribution is 0.452. The molecule has 6 nitrogen and oxygen atoms in total. The van der Waals surface area contributed by atoms with E-state index in [2.05, 4.69) is 48.3 Å². The first kappa shape index (κ1) is 10.9. The van der Waals surface area contributed by atoms with Gasteiger partial charge in [0.15, 0.2) is 11.5 Å². The summed E-state index contributed by atoms with van der Waals surface area (Å²) in [5, 5.41) is 11.6. The summed E-state index contributed by atoms with van der Waals surface area (Å²) in [7, 11) is 0. The van der Waals surface area contributed by atoms with Crippen molar-refractivity contribution >= 4 is 27.4 Å². The van der Waals surface area contributed by atoms with Crippen LogP contribution < -0.4 is 4.90 Å². The largest absolute Gasteiger partial charge is 0.354 e. The third kappa shape index (κ3) is 1.88. The van der Waals surface area contributed by atoms with Gasteiger partial charge in [0.2, 0.25) is 0 Å². The molecule has 3 heterocycles. The van der Waals surface area contributed by atoms with Crippen LogP contribution in [0.25, 0.3) is 5.65 Å². The van der Waals surface area contributed by atoms with Crippen LogP contribution in [0.4, 0.5) is 5.82 Å². The van der Waals surface area contributed by atoms with E-state index < -0.39 is 0 Å². The van der Waals surface area contributed by atoms with E-state index in [0.717, 1.165) is 25.3 Å². The minimum atomic E-state index is 0.503. The Morgan fingerprint density at radius 3 is 3.12 bits per heavy atom. The molecule has 17 heavy (non-hydrogen) atoms. The second-order valence-electron chi connectivity index (χ2n) is 4.44. The highest BCUT2D eigenvalue weighted by Gasteiger charge is 2.25. The topological polar surface area (TPSA) is 59.2 Å². The van der Waals surface area contributed by atoms with E-state index in [1.165, 1.54) is 0 Å². The van der Waals surface area contributed by atoms with Crippen molar-refractivity contribution in [2.75, 3.05) is 18.0 Å². The Kier molecular flexibility index (Phi) is 2.70. The van der Waals surface area contributed by atoms with E-state index in [4.69, 9.17) is 0 Å². The van der Waals surface area contributed by atoms with Crippen molar-refractivity contribution in [1.82, 2.24) is 25.0 Å². The summed E-state index contributed by atoms with van der Waals surface area (Å²) in [5.74, 6) is 1.66. The molecule has 1 aliphatic rings. The van der Waals surface area contributed by atoms with Crippen LogP contribution in [0, 0.1) is 5.92 Å². The van der Waals surface area contributed by atoms with Crippen molar-refractivity contribution in [3.63, 3.8) is 0 Å². The summed E-state index contributed by atoms with van der Waals surface area (Å²) in [5.41, 5.74) is 0.687. The third-order valence-corrected chi connectivity index (χ3v) is 4.47. The summed E-state index contributed by atoms with van der Waals surface area (Å²) >= 11 is 3.72. The van der Waals surface area contributed by atoms with Gasteiger partial charge in [-0.3, -0.25) is 4.98 Å². The predicted octanol–water partition coefficient (Wildman–Crippen LogP) is 1.13. The fourth-order valence-electron chi connectivity index (χ4n) is 2.11. The van der Waals surface area contributed by atoms with E-state index in [1.54, 1.807) is 10.7 Å². The standard InChI is InChI=1S/C10H13BrN6/c1-7-2-3-16(6-8(7)11)10-5-12-4-9-13-14-15-17(9)10/h4-5,7-8H,2-3,6H2,1H3. The van der Waals surface area contributed by atoms with Crippen LogP contribution in [-0.4, -0.2) is 42.9 Å². The number of fused-ring (bicyclic) bond motifs is 1. The molecule has 7 heteroatoms. The van der Waals surface area contributed by atoms with Gasteiger partial charge in [0, 0.05) is 17.9 Å². The molecule has 0 radical (unpaired) electrons. The van der Waals surface area contributed by atoms with Gasteiger partial charge in [0.05, 0.1) is 12.4 Å². The van der Waals surface area contributed by atoms with Crippen molar-refractivity contribution < 1.29 is 0 Å². The van der Waals surface area contributed by atoms with Gasteiger partial charge in [-0.15, -0.1) is 5.10 Å². The lowest BCUT2D eigenvalue weighted by Gasteiger charge is -2.35. The zero-order chi connectivity index (χ0) is 11.8. The fraction of sp³-hybridized carbons (Fsp3) is 0.600. The number of hydrogen-bond donors (Lipinski definition) is 0. The quantitative estimate of drug-likeness (QED) is 0.739. The Morgan fingerprint density at radius 1 is 1.41 bits per heavy atom. The van der Waals surface area contributed by atoms with Crippen molar-refractivity contribution in [1.29, 1.82) is 0 Å². The predicted molar refractivity (Wildman–Crippen MR) is 67.3 cm³/mol. The molecule has 0 spiro atoms. The molecule has 3 rings (SSSR count). The number of tetrazole rings is 1. The van der Waals surface area contributed by atoms with E-state index in [9.17, 15) is 0 Å². The van der Waals surface area contributed by atoms with Crippen LogP contribution in [0.3, 0.4) is 0 Å². The molecule has 0 N–H and O–H groups in total. The SMILES string of the molecule is CC1CCN(c2cncc3nnnn23)CC1Br. The number of piperidine rings is 1. The molecule has 0 aromatic carbocycles. The zero-order valence-electron chi connectivity index (χ0n) is 9.49. The Balaban J connectivity index is 1.96. The molecule has 0 bridgehead atoms. The monoisotopic (exact) mass is 296 g/mol. The van der Waals surface area contributed by atoms with Crippen molar-refractivity contribution in [3.05, 3.63) is 12.4 Å². The molecular formula is C10H13BrN6. The number of nitrogens with zero attached hydrogens (tertiary/aromatic N) is 6. The number of rotatable bonds is 1. The Bertz CT molecular complexity index is 526. The van der Waals surface area contributed by atoms with E-state index in [-0.39, 0.29) is 0 Å². The minimum Gasteiger partial charge on any atom is -0.354 e. The van der Waals surface area contributed by atoms with E-state index in [1.807, 2.05) is 6.20 Å². The van der Waals surface area contributed by atoms with E-state index in [0.29, 0.717) is 16.4 Å². The van der Waals surface area contributed by atoms with Crippen LogP contribution >= 0.6 is 15.9 Å². The van der Waals surface area contributed by atoms with Gasteiger partial charge < -0.3 is 4.90 Å². The van der Waals surface area contributed by atoms with Crippen molar-refractivity contribution in [3.8, 4) is 0 Å².